The molecule has 4 aliphatic rings. The molecule has 2 nitrogen and oxygen atoms in total. The molecule has 3 saturated carbocycles. The van der Waals surface area contributed by atoms with Crippen LogP contribution in [0.4, 0.5) is 0 Å². The monoisotopic (exact) mass is 194 g/mol. The number of hydrogen-bond donors (Lipinski definition) is 0. The summed E-state index contributed by atoms with van der Waals surface area (Å²) in [6.07, 6.45) is 9.82. The largest absolute Gasteiger partial charge is 0.233 e. The van der Waals surface area contributed by atoms with Crippen LogP contribution in [0.3, 0.4) is 0 Å². The summed E-state index contributed by atoms with van der Waals surface area (Å²) in [5.41, 5.74) is 0.177. The van der Waals surface area contributed by atoms with Crippen molar-refractivity contribution in [1.29, 1.82) is 0 Å². The summed E-state index contributed by atoms with van der Waals surface area (Å²) in [6, 6.07) is 0. The van der Waals surface area contributed by atoms with E-state index in [-0.39, 0.29) is 5.60 Å². The van der Waals surface area contributed by atoms with E-state index in [9.17, 15) is 0 Å². The topological polar surface area (TPSA) is 18.5 Å². The minimum Gasteiger partial charge on any atom is -0.233 e. The summed E-state index contributed by atoms with van der Waals surface area (Å²) in [4.78, 5) is 11.4. The number of hydrogen-bond acceptors (Lipinski definition) is 2. The summed E-state index contributed by atoms with van der Waals surface area (Å²) in [5, 5.41) is 0. The first-order chi connectivity index (χ1) is 6.87. The van der Waals surface area contributed by atoms with E-state index in [1.54, 1.807) is 0 Å². The van der Waals surface area contributed by atoms with E-state index in [1.807, 2.05) is 0 Å². The second-order valence-corrected chi connectivity index (χ2v) is 5.83. The highest BCUT2D eigenvalue weighted by Crippen LogP contribution is 2.61. The predicted molar refractivity (Wildman–Crippen MR) is 51.5 cm³/mol. The molecule has 5 unspecified atom stereocenters. The molecule has 1 saturated heterocycles. The predicted octanol–water partition coefficient (Wildman–Crippen LogP) is 2.68. The molecule has 1 heterocycles. The SMILES string of the molecule is C1CC2OOC34CCC(CC3C2C1)C4. The number of fused-ring (bicyclic) bond motifs is 3. The van der Waals surface area contributed by atoms with Crippen LogP contribution in [0.25, 0.3) is 0 Å². The second kappa shape index (κ2) is 2.53. The van der Waals surface area contributed by atoms with Gasteiger partial charge in [0.05, 0.1) is 6.10 Å². The summed E-state index contributed by atoms with van der Waals surface area (Å²) in [6.45, 7) is 0. The van der Waals surface area contributed by atoms with Gasteiger partial charge in [-0.2, -0.15) is 0 Å². The molecule has 0 aromatic carbocycles. The Balaban J connectivity index is 1.70. The summed E-state index contributed by atoms with van der Waals surface area (Å²) in [7, 11) is 0. The van der Waals surface area contributed by atoms with Crippen molar-refractivity contribution in [3.8, 4) is 0 Å². The van der Waals surface area contributed by atoms with Gasteiger partial charge in [0.2, 0.25) is 0 Å². The zero-order valence-corrected chi connectivity index (χ0v) is 8.58. The maximum absolute atomic E-state index is 5.79. The van der Waals surface area contributed by atoms with Crippen molar-refractivity contribution in [3.63, 3.8) is 0 Å². The minimum atomic E-state index is 0.177. The van der Waals surface area contributed by atoms with Crippen LogP contribution in [-0.2, 0) is 9.78 Å². The Morgan fingerprint density at radius 2 is 2.14 bits per heavy atom. The lowest BCUT2D eigenvalue weighted by molar-refractivity contribution is -0.428. The number of rotatable bonds is 0. The third-order valence-corrected chi connectivity index (χ3v) is 5.23. The van der Waals surface area contributed by atoms with Gasteiger partial charge in [-0.3, -0.25) is 0 Å². The van der Waals surface area contributed by atoms with Crippen LogP contribution in [0.2, 0.25) is 0 Å². The van der Waals surface area contributed by atoms with Crippen LogP contribution >= 0.6 is 0 Å². The smallest absolute Gasteiger partial charge is 0.107 e. The molecule has 0 aromatic heterocycles. The van der Waals surface area contributed by atoms with Crippen LogP contribution in [0, 0.1) is 17.8 Å². The zero-order valence-electron chi connectivity index (χ0n) is 8.58. The highest BCUT2D eigenvalue weighted by molar-refractivity contribution is 5.08. The molecule has 1 aliphatic heterocycles. The van der Waals surface area contributed by atoms with Gasteiger partial charge < -0.3 is 0 Å². The quantitative estimate of drug-likeness (QED) is 0.552. The van der Waals surface area contributed by atoms with E-state index in [0.717, 1.165) is 17.8 Å². The van der Waals surface area contributed by atoms with Gasteiger partial charge in [0.15, 0.2) is 0 Å². The van der Waals surface area contributed by atoms with Crippen molar-refractivity contribution in [2.45, 2.75) is 56.7 Å². The Kier molecular flexibility index (Phi) is 1.47. The Morgan fingerprint density at radius 3 is 3.07 bits per heavy atom. The van der Waals surface area contributed by atoms with E-state index >= 15 is 0 Å². The lowest BCUT2D eigenvalue weighted by atomic mass is 9.74. The van der Waals surface area contributed by atoms with Crippen LogP contribution in [0.5, 0.6) is 0 Å². The van der Waals surface area contributed by atoms with Gasteiger partial charge in [-0.15, -0.1) is 0 Å². The van der Waals surface area contributed by atoms with E-state index in [0.29, 0.717) is 6.10 Å². The third kappa shape index (κ3) is 0.849. The van der Waals surface area contributed by atoms with Crippen molar-refractivity contribution in [3.05, 3.63) is 0 Å². The van der Waals surface area contributed by atoms with E-state index in [4.69, 9.17) is 9.78 Å². The average molecular weight is 194 g/mol. The fourth-order valence-electron chi connectivity index (χ4n) is 4.65. The van der Waals surface area contributed by atoms with Crippen molar-refractivity contribution >= 4 is 0 Å². The molecule has 0 radical (unpaired) electrons. The Labute approximate surface area is 84.9 Å². The lowest BCUT2D eigenvalue weighted by Gasteiger charge is -2.44. The molecule has 14 heavy (non-hydrogen) atoms. The highest BCUT2D eigenvalue weighted by atomic mass is 17.2. The molecule has 4 rings (SSSR count). The van der Waals surface area contributed by atoms with Gasteiger partial charge >= 0.3 is 0 Å². The van der Waals surface area contributed by atoms with Gasteiger partial charge in [-0.05, 0) is 56.3 Å². The second-order valence-electron chi connectivity index (χ2n) is 5.83. The minimum absolute atomic E-state index is 0.177. The van der Waals surface area contributed by atoms with Gasteiger partial charge in [0.1, 0.15) is 5.60 Å². The maximum Gasteiger partial charge on any atom is 0.107 e. The normalized spacial score (nSPS) is 60.0. The first kappa shape index (κ1) is 8.12. The molecule has 2 bridgehead atoms. The first-order valence-corrected chi connectivity index (χ1v) is 6.22. The molecule has 1 spiro atoms. The molecule has 4 fully saturated rings. The van der Waals surface area contributed by atoms with Crippen LogP contribution in [-0.4, -0.2) is 11.7 Å². The van der Waals surface area contributed by atoms with Crippen LogP contribution in [0.15, 0.2) is 0 Å². The molecule has 0 amide bonds. The van der Waals surface area contributed by atoms with Crippen molar-refractivity contribution in [2.24, 2.45) is 17.8 Å². The van der Waals surface area contributed by atoms with Gasteiger partial charge in [-0.1, -0.05) is 6.42 Å². The molecular formula is C12H18O2. The summed E-state index contributed by atoms with van der Waals surface area (Å²) in [5.74, 6) is 2.65. The summed E-state index contributed by atoms with van der Waals surface area (Å²) >= 11 is 0. The first-order valence-electron chi connectivity index (χ1n) is 6.22. The zero-order chi connectivity index (χ0) is 9.17. The van der Waals surface area contributed by atoms with Crippen molar-refractivity contribution in [2.75, 3.05) is 0 Å². The molecule has 5 atom stereocenters. The highest BCUT2D eigenvalue weighted by Gasteiger charge is 2.61. The third-order valence-electron chi connectivity index (χ3n) is 5.23. The maximum atomic E-state index is 5.79. The molecular weight excluding hydrogens is 176 g/mol. The fraction of sp³-hybridized carbons (Fsp3) is 1.00. The fourth-order valence-corrected chi connectivity index (χ4v) is 4.65. The molecule has 2 heteroatoms. The van der Waals surface area contributed by atoms with Gasteiger partial charge in [0, 0.05) is 0 Å². The Bertz CT molecular complexity index is 265. The van der Waals surface area contributed by atoms with Crippen molar-refractivity contribution in [1.82, 2.24) is 0 Å². The van der Waals surface area contributed by atoms with Crippen molar-refractivity contribution < 1.29 is 9.78 Å². The summed E-state index contributed by atoms with van der Waals surface area (Å²) < 4.78 is 0. The lowest BCUT2D eigenvalue weighted by Crippen LogP contribution is -2.48. The molecule has 0 N–H and O–H groups in total. The Hall–Kier alpha value is -0.0800. The van der Waals surface area contributed by atoms with Gasteiger partial charge in [-0.25, -0.2) is 9.78 Å². The van der Waals surface area contributed by atoms with E-state index in [2.05, 4.69) is 0 Å². The van der Waals surface area contributed by atoms with E-state index < -0.39 is 0 Å². The van der Waals surface area contributed by atoms with Crippen LogP contribution < -0.4 is 0 Å². The Morgan fingerprint density at radius 1 is 1.14 bits per heavy atom. The molecule has 0 aromatic rings. The van der Waals surface area contributed by atoms with Gasteiger partial charge in [0.25, 0.3) is 0 Å². The molecule has 3 aliphatic carbocycles. The molecule has 78 valence electrons. The standard InChI is InChI=1S/C12H18O2/c1-2-9-10-6-8-4-5-12(10,7-8)14-13-11(9)3-1/h8-11H,1-7H2. The average Bonchev–Trinajstić information content (AvgIpc) is 2.89. The van der Waals surface area contributed by atoms with Crippen LogP contribution in [0.1, 0.15) is 44.9 Å². The van der Waals surface area contributed by atoms with E-state index in [1.165, 1.54) is 44.9 Å².